The van der Waals surface area contributed by atoms with Crippen LogP contribution in [0.15, 0.2) is 48.8 Å². The minimum absolute atomic E-state index is 0.385. The number of rotatable bonds is 3. The Bertz CT molecular complexity index is 822. The molecule has 0 bridgehead atoms. The van der Waals surface area contributed by atoms with E-state index in [2.05, 4.69) is 32.0 Å². The van der Waals surface area contributed by atoms with Gasteiger partial charge in [-0.15, -0.1) is 5.10 Å². The zero-order chi connectivity index (χ0) is 16.4. The number of hydrogen-bond acceptors (Lipinski definition) is 6. The summed E-state index contributed by atoms with van der Waals surface area (Å²) in [7, 11) is 2.10. The molecule has 0 unspecified atom stereocenters. The van der Waals surface area contributed by atoms with E-state index in [0.29, 0.717) is 6.04 Å². The second-order valence-electron chi connectivity index (χ2n) is 6.15. The molecule has 4 rings (SSSR count). The molecule has 0 N–H and O–H groups in total. The lowest BCUT2D eigenvalue weighted by Crippen LogP contribution is -2.47. The van der Waals surface area contributed by atoms with Crippen molar-refractivity contribution in [3.63, 3.8) is 0 Å². The summed E-state index contributed by atoms with van der Waals surface area (Å²) >= 11 is 0. The van der Waals surface area contributed by atoms with Gasteiger partial charge in [0, 0.05) is 32.4 Å². The maximum Gasteiger partial charge on any atom is 0.151 e. The molecule has 0 saturated carbocycles. The minimum Gasteiger partial charge on any atom is -0.354 e. The molecule has 0 amide bonds. The van der Waals surface area contributed by atoms with Crippen molar-refractivity contribution in [2.75, 3.05) is 29.9 Å². The third kappa shape index (κ3) is 2.87. The molecule has 1 saturated heterocycles. The molecule has 0 spiro atoms. The summed E-state index contributed by atoms with van der Waals surface area (Å²) in [6, 6.07) is 12.3. The Balaban J connectivity index is 1.55. The van der Waals surface area contributed by atoms with Gasteiger partial charge in [0.05, 0.1) is 17.2 Å². The van der Waals surface area contributed by atoms with Crippen molar-refractivity contribution >= 4 is 22.7 Å². The van der Waals surface area contributed by atoms with E-state index in [1.165, 1.54) is 0 Å². The van der Waals surface area contributed by atoms with E-state index >= 15 is 0 Å². The van der Waals surface area contributed by atoms with E-state index in [9.17, 15) is 0 Å². The summed E-state index contributed by atoms with van der Waals surface area (Å²) in [5.41, 5.74) is 1.86. The third-order valence-electron chi connectivity index (χ3n) is 4.62. The summed E-state index contributed by atoms with van der Waals surface area (Å²) in [4.78, 5) is 13.8. The summed E-state index contributed by atoms with van der Waals surface area (Å²) in [5.74, 6) is 1.86. The van der Waals surface area contributed by atoms with E-state index in [4.69, 9.17) is 4.98 Å². The van der Waals surface area contributed by atoms with E-state index in [1.54, 1.807) is 6.20 Å². The Morgan fingerprint density at radius 3 is 2.83 bits per heavy atom. The quantitative estimate of drug-likeness (QED) is 0.739. The largest absolute Gasteiger partial charge is 0.354 e. The van der Waals surface area contributed by atoms with Gasteiger partial charge < -0.3 is 9.80 Å². The predicted molar refractivity (Wildman–Crippen MR) is 95.2 cm³/mol. The van der Waals surface area contributed by atoms with Gasteiger partial charge in [-0.25, -0.2) is 4.98 Å². The zero-order valence-corrected chi connectivity index (χ0v) is 13.7. The zero-order valence-electron chi connectivity index (χ0n) is 13.7. The first-order chi connectivity index (χ1) is 11.8. The first kappa shape index (κ1) is 14.8. The smallest absolute Gasteiger partial charge is 0.151 e. The highest BCUT2D eigenvalue weighted by atomic mass is 15.3. The number of benzene rings is 1. The molecule has 0 radical (unpaired) electrons. The highest BCUT2D eigenvalue weighted by Crippen LogP contribution is 2.23. The normalized spacial score (nSPS) is 17.9. The molecular weight excluding hydrogens is 300 g/mol. The first-order valence-electron chi connectivity index (χ1n) is 8.28. The van der Waals surface area contributed by atoms with Crippen molar-refractivity contribution < 1.29 is 0 Å². The molecule has 3 heterocycles. The third-order valence-corrected chi connectivity index (χ3v) is 4.62. The lowest BCUT2D eigenvalue weighted by atomic mass is 10.0. The lowest BCUT2D eigenvalue weighted by Gasteiger charge is -2.38. The number of para-hydroxylation sites is 2. The molecule has 24 heavy (non-hydrogen) atoms. The number of anilines is 2. The standard InChI is InChI=1S/C18H20N6/c1-23(18-12-19-15-7-2-3-8-16(15)21-18)14-6-5-11-24(13-14)17-9-4-10-20-22-17/h2-4,7-10,12,14H,5-6,11,13H2,1H3/t14-/m1/s1. The fraction of sp³-hybridized carbons (Fsp3) is 0.333. The Labute approximate surface area is 141 Å². The van der Waals surface area contributed by atoms with Crippen LogP contribution in [0.5, 0.6) is 0 Å². The summed E-state index contributed by atoms with van der Waals surface area (Å²) in [5, 5.41) is 8.23. The van der Waals surface area contributed by atoms with E-state index < -0.39 is 0 Å². The number of likely N-dealkylation sites (N-methyl/N-ethyl adjacent to an activating group) is 1. The van der Waals surface area contributed by atoms with Gasteiger partial charge in [-0.1, -0.05) is 12.1 Å². The molecule has 2 aromatic heterocycles. The van der Waals surface area contributed by atoms with Gasteiger partial charge in [-0.05, 0) is 37.1 Å². The van der Waals surface area contributed by atoms with E-state index in [-0.39, 0.29) is 0 Å². The second kappa shape index (κ2) is 6.39. The number of fused-ring (bicyclic) bond motifs is 1. The highest BCUT2D eigenvalue weighted by Gasteiger charge is 2.25. The molecule has 1 fully saturated rings. The van der Waals surface area contributed by atoms with E-state index in [1.807, 2.05) is 42.6 Å². The molecule has 1 atom stereocenters. The lowest BCUT2D eigenvalue weighted by molar-refractivity contribution is 0.482. The number of piperidine rings is 1. The average Bonchev–Trinajstić information content (AvgIpc) is 2.68. The molecule has 6 heteroatoms. The van der Waals surface area contributed by atoms with Crippen LogP contribution in [-0.2, 0) is 0 Å². The number of aromatic nitrogens is 4. The maximum atomic E-state index is 4.77. The fourth-order valence-electron chi connectivity index (χ4n) is 3.25. The Hall–Kier alpha value is -2.76. The highest BCUT2D eigenvalue weighted by molar-refractivity contribution is 5.75. The fourth-order valence-corrected chi connectivity index (χ4v) is 3.25. The van der Waals surface area contributed by atoms with Crippen LogP contribution >= 0.6 is 0 Å². The molecule has 1 aromatic carbocycles. The van der Waals surface area contributed by atoms with Crippen molar-refractivity contribution in [2.24, 2.45) is 0 Å². The molecule has 0 aliphatic carbocycles. The van der Waals surface area contributed by atoms with Crippen molar-refractivity contribution in [1.82, 2.24) is 20.2 Å². The van der Waals surface area contributed by atoms with E-state index in [0.717, 1.165) is 48.6 Å². The van der Waals surface area contributed by atoms with Gasteiger partial charge in [0.1, 0.15) is 5.82 Å². The SMILES string of the molecule is CN(c1cnc2ccccc2n1)[C@@H]1CCCN(c2cccnn2)C1. The Morgan fingerprint density at radius 1 is 1.12 bits per heavy atom. The average molecular weight is 320 g/mol. The number of nitrogens with zero attached hydrogens (tertiary/aromatic N) is 6. The monoisotopic (exact) mass is 320 g/mol. The van der Waals surface area contributed by atoms with Gasteiger partial charge in [0.25, 0.3) is 0 Å². The summed E-state index contributed by atoms with van der Waals surface area (Å²) in [6.45, 7) is 1.94. The first-order valence-corrected chi connectivity index (χ1v) is 8.28. The van der Waals surface area contributed by atoms with Gasteiger partial charge in [-0.3, -0.25) is 4.98 Å². The maximum absolute atomic E-state index is 4.77. The molecule has 1 aliphatic rings. The molecule has 122 valence electrons. The van der Waals surface area contributed by atoms with Crippen molar-refractivity contribution in [1.29, 1.82) is 0 Å². The molecule has 3 aromatic rings. The van der Waals surface area contributed by atoms with Crippen LogP contribution in [0.4, 0.5) is 11.6 Å². The van der Waals surface area contributed by atoms with Crippen LogP contribution in [0.1, 0.15) is 12.8 Å². The van der Waals surface area contributed by atoms with Crippen molar-refractivity contribution in [3.05, 3.63) is 48.8 Å². The van der Waals surface area contributed by atoms with Crippen LogP contribution in [-0.4, -0.2) is 46.3 Å². The molecule has 6 nitrogen and oxygen atoms in total. The van der Waals surface area contributed by atoms with Crippen LogP contribution < -0.4 is 9.80 Å². The molecular formula is C18H20N6. The van der Waals surface area contributed by atoms with Gasteiger partial charge in [-0.2, -0.15) is 5.10 Å². The van der Waals surface area contributed by atoms with Crippen LogP contribution in [0.3, 0.4) is 0 Å². The summed E-state index contributed by atoms with van der Waals surface area (Å²) < 4.78 is 0. The van der Waals surface area contributed by atoms with Crippen LogP contribution in [0.25, 0.3) is 11.0 Å². The van der Waals surface area contributed by atoms with Crippen LogP contribution in [0, 0.1) is 0 Å². The van der Waals surface area contributed by atoms with Gasteiger partial charge in [0.15, 0.2) is 5.82 Å². The van der Waals surface area contributed by atoms with Crippen LogP contribution in [0.2, 0.25) is 0 Å². The van der Waals surface area contributed by atoms with Crippen molar-refractivity contribution in [2.45, 2.75) is 18.9 Å². The van der Waals surface area contributed by atoms with Crippen molar-refractivity contribution in [3.8, 4) is 0 Å². The van der Waals surface area contributed by atoms with Gasteiger partial charge >= 0.3 is 0 Å². The summed E-state index contributed by atoms with van der Waals surface area (Å²) in [6.07, 6.45) is 5.85. The van der Waals surface area contributed by atoms with Gasteiger partial charge in [0.2, 0.25) is 0 Å². The number of hydrogen-bond donors (Lipinski definition) is 0. The minimum atomic E-state index is 0.385. The molecule has 1 aliphatic heterocycles. The topological polar surface area (TPSA) is 58.0 Å². The second-order valence-corrected chi connectivity index (χ2v) is 6.15. The Kier molecular flexibility index (Phi) is 3.94. The Morgan fingerprint density at radius 2 is 2.00 bits per heavy atom. The predicted octanol–water partition coefficient (Wildman–Crippen LogP) is 2.53.